The Morgan fingerprint density at radius 3 is 2.74 bits per heavy atom. The fourth-order valence-electron chi connectivity index (χ4n) is 2.22. The minimum atomic E-state index is -0.326. The van der Waals surface area contributed by atoms with Crippen LogP contribution in [0.4, 0.5) is 5.13 Å². The van der Waals surface area contributed by atoms with Gasteiger partial charge in [0.05, 0.1) is 15.7 Å². The molecular weight excluding hydrogens is 282 g/mol. The molecule has 0 radical (unpaired) electrons. The van der Waals surface area contributed by atoms with Crippen molar-refractivity contribution >= 4 is 40.0 Å². The lowest BCUT2D eigenvalue weighted by molar-refractivity contribution is -0.141. The number of aromatic nitrogens is 1. The number of carbonyl (C=O) groups excluding carboxylic acids is 2. The molecule has 2 amide bonds. The van der Waals surface area contributed by atoms with Crippen LogP contribution in [0.2, 0.25) is 0 Å². The Labute approximate surface area is 120 Å². The van der Waals surface area contributed by atoms with Crippen molar-refractivity contribution in [1.82, 2.24) is 9.88 Å². The van der Waals surface area contributed by atoms with Crippen LogP contribution in [0.3, 0.4) is 0 Å². The van der Waals surface area contributed by atoms with Gasteiger partial charge in [-0.15, -0.1) is 0 Å². The standard InChI is InChI=1S/C12H17N3O2S2/c1-3-7(4-2)15-9(16)5-8(11(15)17)18-10-6-14-12(13)19-10/h6-8H,3-5H2,1-2H3,(H2,13,14). The van der Waals surface area contributed by atoms with Crippen molar-refractivity contribution in [1.29, 1.82) is 0 Å². The number of nitrogens with zero attached hydrogens (tertiary/aromatic N) is 2. The predicted octanol–water partition coefficient (Wildman–Crippen LogP) is 2.13. The van der Waals surface area contributed by atoms with E-state index in [9.17, 15) is 9.59 Å². The van der Waals surface area contributed by atoms with Crippen LogP contribution in [-0.4, -0.2) is 33.0 Å². The van der Waals surface area contributed by atoms with Crippen LogP contribution in [0, 0.1) is 0 Å². The summed E-state index contributed by atoms with van der Waals surface area (Å²) >= 11 is 2.74. The third kappa shape index (κ3) is 2.92. The number of hydrogen-bond acceptors (Lipinski definition) is 6. The van der Waals surface area contributed by atoms with Gasteiger partial charge in [-0.05, 0) is 12.8 Å². The second-order valence-corrected chi connectivity index (χ2v) is 6.97. The van der Waals surface area contributed by atoms with E-state index in [0.717, 1.165) is 17.1 Å². The van der Waals surface area contributed by atoms with E-state index in [2.05, 4.69) is 4.98 Å². The number of anilines is 1. The van der Waals surface area contributed by atoms with Crippen LogP contribution in [0.15, 0.2) is 10.4 Å². The maximum Gasteiger partial charge on any atom is 0.243 e. The van der Waals surface area contributed by atoms with E-state index in [1.807, 2.05) is 13.8 Å². The van der Waals surface area contributed by atoms with E-state index in [0.29, 0.717) is 5.13 Å². The Bertz CT molecular complexity index is 485. The van der Waals surface area contributed by atoms with Crippen LogP contribution in [0.1, 0.15) is 33.1 Å². The van der Waals surface area contributed by atoms with Crippen LogP contribution < -0.4 is 5.73 Å². The molecule has 0 spiro atoms. The summed E-state index contributed by atoms with van der Waals surface area (Å²) in [7, 11) is 0. The molecule has 1 aliphatic heterocycles. The van der Waals surface area contributed by atoms with Gasteiger partial charge in [-0.2, -0.15) is 0 Å². The summed E-state index contributed by atoms with van der Waals surface area (Å²) in [6.07, 6.45) is 3.54. The molecular formula is C12H17N3O2S2. The Morgan fingerprint density at radius 1 is 1.53 bits per heavy atom. The molecule has 2 rings (SSSR count). The third-order valence-electron chi connectivity index (χ3n) is 3.21. The number of thioether (sulfide) groups is 1. The summed E-state index contributed by atoms with van der Waals surface area (Å²) in [5, 5.41) is 0.157. The van der Waals surface area contributed by atoms with Crippen LogP contribution in [0.5, 0.6) is 0 Å². The van der Waals surface area contributed by atoms with Crippen molar-refractivity contribution in [2.75, 3.05) is 5.73 Å². The van der Waals surface area contributed by atoms with Gasteiger partial charge in [0.2, 0.25) is 11.8 Å². The van der Waals surface area contributed by atoms with Gasteiger partial charge in [-0.25, -0.2) is 4.98 Å². The van der Waals surface area contributed by atoms with Crippen molar-refractivity contribution in [2.24, 2.45) is 0 Å². The fourth-order valence-corrected chi connectivity index (χ4v) is 4.27. The summed E-state index contributed by atoms with van der Waals surface area (Å²) in [5.41, 5.74) is 5.57. The number of rotatable bonds is 5. The van der Waals surface area contributed by atoms with Crippen molar-refractivity contribution in [3.63, 3.8) is 0 Å². The summed E-state index contributed by atoms with van der Waals surface area (Å²) in [6, 6.07) is 0.0251. The molecule has 1 fully saturated rings. The summed E-state index contributed by atoms with van der Waals surface area (Å²) in [6.45, 7) is 4.00. The number of likely N-dealkylation sites (tertiary alicyclic amines) is 1. The average molecular weight is 299 g/mol. The Morgan fingerprint density at radius 2 is 2.21 bits per heavy atom. The van der Waals surface area contributed by atoms with Crippen molar-refractivity contribution < 1.29 is 9.59 Å². The molecule has 19 heavy (non-hydrogen) atoms. The maximum absolute atomic E-state index is 12.3. The average Bonchev–Trinajstić information content (AvgIpc) is 2.89. The first-order chi connectivity index (χ1) is 9.06. The van der Waals surface area contributed by atoms with E-state index >= 15 is 0 Å². The zero-order chi connectivity index (χ0) is 14.0. The molecule has 1 aromatic heterocycles. The number of nitrogens with two attached hydrogens (primary N) is 1. The molecule has 0 bridgehead atoms. The Balaban J connectivity index is 2.09. The first-order valence-electron chi connectivity index (χ1n) is 6.30. The second-order valence-electron chi connectivity index (χ2n) is 4.40. The van der Waals surface area contributed by atoms with E-state index in [-0.39, 0.29) is 29.5 Å². The van der Waals surface area contributed by atoms with Gasteiger partial charge < -0.3 is 5.73 Å². The first-order valence-corrected chi connectivity index (χ1v) is 8.00. The minimum Gasteiger partial charge on any atom is -0.375 e. The zero-order valence-corrected chi connectivity index (χ0v) is 12.6. The molecule has 0 saturated carbocycles. The Kier molecular flexibility index (Phi) is 4.46. The molecule has 1 aromatic rings. The van der Waals surface area contributed by atoms with Gasteiger partial charge >= 0.3 is 0 Å². The highest BCUT2D eigenvalue weighted by Crippen LogP contribution is 2.36. The zero-order valence-electron chi connectivity index (χ0n) is 11.0. The highest BCUT2D eigenvalue weighted by molar-refractivity contribution is 8.02. The molecule has 2 N–H and O–H groups in total. The number of nitrogen functional groups attached to an aromatic ring is 1. The summed E-state index contributed by atoms with van der Waals surface area (Å²) in [5.74, 6) is -0.135. The van der Waals surface area contributed by atoms with Crippen LogP contribution in [-0.2, 0) is 9.59 Å². The second kappa shape index (κ2) is 5.92. The van der Waals surface area contributed by atoms with Crippen molar-refractivity contribution in [2.45, 2.75) is 48.6 Å². The van der Waals surface area contributed by atoms with Gasteiger partial charge in [0.1, 0.15) is 0 Å². The van der Waals surface area contributed by atoms with Crippen LogP contribution in [0.25, 0.3) is 0 Å². The molecule has 1 aliphatic rings. The molecule has 0 aromatic carbocycles. The maximum atomic E-state index is 12.3. The SMILES string of the molecule is CCC(CC)N1C(=O)CC(Sc2cnc(N)s2)C1=O. The van der Waals surface area contributed by atoms with Crippen LogP contribution >= 0.6 is 23.1 Å². The lowest BCUT2D eigenvalue weighted by atomic mass is 10.1. The summed E-state index contributed by atoms with van der Waals surface area (Å²) < 4.78 is 0.884. The van der Waals surface area contributed by atoms with Gasteiger partial charge in [-0.3, -0.25) is 14.5 Å². The largest absolute Gasteiger partial charge is 0.375 e. The highest BCUT2D eigenvalue weighted by atomic mass is 32.2. The minimum absolute atomic E-state index is 0.0251. The van der Waals surface area contributed by atoms with Crippen molar-refractivity contribution in [3.05, 3.63) is 6.20 Å². The molecule has 7 heteroatoms. The third-order valence-corrected chi connectivity index (χ3v) is 5.36. The van der Waals surface area contributed by atoms with E-state index < -0.39 is 0 Å². The predicted molar refractivity (Wildman–Crippen MR) is 77.0 cm³/mol. The topological polar surface area (TPSA) is 76.3 Å². The lowest BCUT2D eigenvalue weighted by Crippen LogP contribution is -2.40. The fraction of sp³-hybridized carbons (Fsp3) is 0.583. The smallest absolute Gasteiger partial charge is 0.243 e. The van der Waals surface area contributed by atoms with Crippen molar-refractivity contribution in [3.8, 4) is 0 Å². The molecule has 1 saturated heterocycles. The number of thiazole rings is 1. The monoisotopic (exact) mass is 299 g/mol. The lowest BCUT2D eigenvalue weighted by Gasteiger charge is -2.24. The number of imide groups is 1. The van der Waals surface area contributed by atoms with Gasteiger partial charge in [0, 0.05) is 12.5 Å². The van der Waals surface area contributed by atoms with Gasteiger partial charge in [-0.1, -0.05) is 36.9 Å². The quantitative estimate of drug-likeness (QED) is 0.843. The number of hydrogen-bond donors (Lipinski definition) is 1. The molecule has 5 nitrogen and oxygen atoms in total. The number of amides is 2. The van der Waals surface area contributed by atoms with E-state index in [4.69, 9.17) is 5.73 Å². The van der Waals surface area contributed by atoms with Gasteiger partial charge in [0.25, 0.3) is 0 Å². The van der Waals surface area contributed by atoms with Gasteiger partial charge in [0.15, 0.2) is 5.13 Å². The van der Waals surface area contributed by atoms with E-state index in [1.165, 1.54) is 28.0 Å². The summed E-state index contributed by atoms with van der Waals surface area (Å²) in [4.78, 5) is 29.7. The Hall–Kier alpha value is -1.08. The highest BCUT2D eigenvalue weighted by Gasteiger charge is 2.42. The number of carbonyl (C=O) groups is 2. The normalized spacial score (nSPS) is 19.7. The molecule has 1 unspecified atom stereocenters. The molecule has 2 heterocycles. The molecule has 0 aliphatic carbocycles. The molecule has 104 valence electrons. The van der Waals surface area contributed by atoms with E-state index in [1.54, 1.807) is 6.20 Å². The molecule has 1 atom stereocenters. The first kappa shape index (κ1) is 14.3.